The fraction of sp³-hybridized carbons (Fsp3) is 0.346. The van der Waals surface area contributed by atoms with Crippen LogP contribution in [0.4, 0.5) is 5.82 Å². The number of nitrogens with one attached hydrogen (secondary N) is 1. The van der Waals surface area contributed by atoms with Gasteiger partial charge in [-0.2, -0.15) is 4.98 Å². The third kappa shape index (κ3) is 5.67. The maximum atomic E-state index is 6.53. The van der Waals surface area contributed by atoms with Crippen molar-refractivity contribution in [3.8, 4) is 5.75 Å². The Kier molecular flexibility index (Phi) is 7.91. The van der Waals surface area contributed by atoms with Gasteiger partial charge in [-0.3, -0.25) is 0 Å². The number of hydrogen-bond donors (Lipinski definition) is 1. The largest absolute Gasteiger partial charge is 0.491 e. The smallest absolute Gasteiger partial charge is 0.183 e. The minimum absolute atomic E-state index is 0.207. The van der Waals surface area contributed by atoms with Crippen LogP contribution in [0.25, 0.3) is 0 Å². The Labute approximate surface area is 200 Å². The first-order chi connectivity index (χ1) is 15.2. The Morgan fingerprint density at radius 2 is 1.88 bits per heavy atom. The highest BCUT2D eigenvalue weighted by molar-refractivity contribution is 6.32. The molecule has 2 aromatic carbocycles. The quantitative estimate of drug-likeness (QED) is 0.314. The third-order valence-electron chi connectivity index (χ3n) is 5.56. The van der Waals surface area contributed by atoms with Crippen LogP contribution < -0.4 is 10.1 Å². The Morgan fingerprint density at radius 3 is 2.50 bits per heavy atom. The summed E-state index contributed by atoms with van der Waals surface area (Å²) in [5.74, 6) is 2.70. The Balaban J connectivity index is 1.73. The zero-order valence-corrected chi connectivity index (χ0v) is 20.6. The van der Waals surface area contributed by atoms with Crippen LogP contribution in [0.1, 0.15) is 48.8 Å². The van der Waals surface area contributed by atoms with E-state index in [4.69, 9.17) is 32.4 Å². The maximum absolute atomic E-state index is 6.53. The number of ether oxygens (including phenoxy) is 1. The van der Waals surface area contributed by atoms with E-state index in [1.165, 1.54) is 17.5 Å². The highest BCUT2D eigenvalue weighted by Gasteiger charge is 2.25. The van der Waals surface area contributed by atoms with Crippen LogP contribution in [-0.2, 0) is 18.3 Å². The second-order valence-electron chi connectivity index (χ2n) is 8.49. The van der Waals surface area contributed by atoms with E-state index >= 15 is 0 Å². The van der Waals surface area contributed by atoms with Crippen LogP contribution in [0.3, 0.4) is 0 Å². The van der Waals surface area contributed by atoms with Gasteiger partial charge in [0.1, 0.15) is 18.1 Å². The van der Waals surface area contributed by atoms with Gasteiger partial charge in [0.2, 0.25) is 0 Å². The first kappa shape index (κ1) is 24.2. The van der Waals surface area contributed by atoms with E-state index < -0.39 is 0 Å². The number of halogens is 2. The van der Waals surface area contributed by atoms with E-state index in [1.807, 2.05) is 19.9 Å². The van der Waals surface area contributed by atoms with Crippen molar-refractivity contribution in [2.24, 2.45) is 0 Å². The topological polar surface area (TPSA) is 47.3 Å². The number of allylic oxidation sites excluding steroid dienone is 1. The van der Waals surface area contributed by atoms with Gasteiger partial charge in [-0.05, 0) is 48.6 Å². The van der Waals surface area contributed by atoms with Crippen molar-refractivity contribution in [2.45, 2.75) is 46.0 Å². The molecule has 170 valence electrons. The zero-order valence-electron chi connectivity index (χ0n) is 19.1. The number of anilines is 1. The van der Waals surface area contributed by atoms with E-state index in [0.29, 0.717) is 23.3 Å². The summed E-state index contributed by atoms with van der Waals surface area (Å²) >= 11 is 12.3. The van der Waals surface area contributed by atoms with E-state index in [2.05, 4.69) is 61.1 Å². The van der Waals surface area contributed by atoms with Crippen molar-refractivity contribution in [1.29, 1.82) is 0 Å². The first-order valence-corrected chi connectivity index (χ1v) is 11.6. The molecule has 0 radical (unpaired) electrons. The fourth-order valence-electron chi connectivity index (χ4n) is 3.68. The molecule has 0 aliphatic carbocycles. The summed E-state index contributed by atoms with van der Waals surface area (Å²) in [6, 6.07) is 12.8. The standard InChI is InChI=1S/C26H30Cl2N2O2/c1-17(2)30-25-23(32-16-29-25)11-8-19-6-9-20(10-7-19)26(4,5)21-14-18(3)24(22(28)15-21)31-13-12-27/h6-7,9-10,14-16,30H,1,8,11-13H2,2-5H3. The van der Waals surface area contributed by atoms with Crippen molar-refractivity contribution in [1.82, 2.24) is 4.98 Å². The molecule has 0 saturated heterocycles. The molecule has 3 aromatic rings. The molecule has 32 heavy (non-hydrogen) atoms. The number of benzene rings is 2. The van der Waals surface area contributed by atoms with Gasteiger partial charge < -0.3 is 14.5 Å². The van der Waals surface area contributed by atoms with Crippen molar-refractivity contribution in [2.75, 3.05) is 17.8 Å². The molecular weight excluding hydrogens is 443 g/mol. The zero-order chi connectivity index (χ0) is 23.3. The van der Waals surface area contributed by atoms with Gasteiger partial charge in [0.15, 0.2) is 12.2 Å². The second kappa shape index (κ2) is 10.5. The van der Waals surface area contributed by atoms with Gasteiger partial charge in [0.05, 0.1) is 10.9 Å². The summed E-state index contributed by atoms with van der Waals surface area (Å²) in [5.41, 5.74) is 5.23. The number of aryl methyl sites for hydroxylation is 3. The monoisotopic (exact) mass is 472 g/mol. The van der Waals surface area contributed by atoms with Crippen molar-refractivity contribution in [3.05, 3.63) is 88.1 Å². The van der Waals surface area contributed by atoms with Gasteiger partial charge in [0.25, 0.3) is 0 Å². The lowest BCUT2D eigenvalue weighted by atomic mass is 9.77. The lowest BCUT2D eigenvalue weighted by Gasteiger charge is -2.28. The Bertz CT molecular complexity index is 1050. The molecule has 0 aliphatic rings. The number of oxazole rings is 1. The van der Waals surface area contributed by atoms with Crippen LogP contribution in [0.2, 0.25) is 5.02 Å². The molecule has 1 heterocycles. The molecular formula is C26H30Cl2N2O2. The second-order valence-corrected chi connectivity index (χ2v) is 9.28. The Morgan fingerprint density at radius 1 is 1.16 bits per heavy atom. The molecule has 0 saturated carbocycles. The summed E-state index contributed by atoms with van der Waals surface area (Å²) in [6.07, 6.45) is 3.08. The number of alkyl halides is 1. The average molecular weight is 473 g/mol. The summed E-state index contributed by atoms with van der Waals surface area (Å²) < 4.78 is 11.2. The predicted octanol–water partition coefficient (Wildman–Crippen LogP) is 7.31. The molecule has 0 unspecified atom stereocenters. The summed E-state index contributed by atoms with van der Waals surface area (Å²) in [7, 11) is 0. The van der Waals surface area contributed by atoms with Crippen LogP contribution in [0.5, 0.6) is 5.75 Å². The average Bonchev–Trinajstić information content (AvgIpc) is 3.18. The molecule has 0 bridgehead atoms. The van der Waals surface area contributed by atoms with Crippen molar-refractivity contribution in [3.63, 3.8) is 0 Å². The highest BCUT2D eigenvalue weighted by atomic mass is 35.5. The van der Waals surface area contributed by atoms with E-state index in [1.54, 1.807) is 0 Å². The molecule has 4 nitrogen and oxygen atoms in total. The number of rotatable bonds is 10. The molecule has 3 rings (SSSR count). The van der Waals surface area contributed by atoms with E-state index in [9.17, 15) is 0 Å². The van der Waals surface area contributed by atoms with Crippen molar-refractivity contribution >= 4 is 29.0 Å². The minimum atomic E-state index is -0.207. The van der Waals surface area contributed by atoms with Gasteiger partial charge in [-0.1, -0.05) is 62.4 Å². The third-order valence-corrected chi connectivity index (χ3v) is 6.00. The van der Waals surface area contributed by atoms with Crippen LogP contribution in [0, 0.1) is 6.92 Å². The number of hydrogen-bond acceptors (Lipinski definition) is 4. The predicted molar refractivity (Wildman–Crippen MR) is 133 cm³/mol. The maximum Gasteiger partial charge on any atom is 0.183 e. The SMILES string of the molecule is C=C(C)Nc1ncoc1CCc1ccc(C(C)(C)c2cc(C)c(OCCCl)c(Cl)c2)cc1. The molecule has 0 atom stereocenters. The fourth-order valence-corrected chi connectivity index (χ4v) is 4.08. The van der Waals surface area contributed by atoms with Gasteiger partial charge in [-0.25, -0.2) is 0 Å². The lowest BCUT2D eigenvalue weighted by molar-refractivity contribution is 0.340. The minimum Gasteiger partial charge on any atom is -0.491 e. The lowest BCUT2D eigenvalue weighted by Crippen LogP contribution is -2.19. The van der Waals surface area contributed by atoms with Gasteiger partial charge in [-0.15, -0.1) is 11.6 Å². The normalized spacial score (nSPS) is 11.4. The highest BCUT2D eigenvalue weighted by Crippen LogP contribution is 2.38. The summed E-state index contributed by atoms with van der Waals surface area (Å²) in [5, 5.41) is 3.75. The van der Waals surface area contributed by atoms with E-state index in [-0.39, 0.29) is 5.41 Å². The van der Waals surface area contributed by atoms with E-state index in [0.717, 1.165) is 41.2 Å². The van der Waals surface area contributed by atoms with Crippen molar-refractivity contribution < 1.29 is 9.15 Å². The van der Waals surface area contributed by atoms with Crippen LogP contribution >= 0.6 is 23.2 Å². The first-order valence-electron chi connectivity index (χ1n) is 10.7. The van der Waals surface area contributed by atoms with Gasteiger partial charge in [0, 0.05) is 17.5 Å². The molecule has 0 fully saturated rings. The molecule has 1 N–H and O–H groups in total. The Hall–Kier alpha value is -2.43. The molecule has 1 aromatic heterocycles. The molecule has 0 amide bonds. The van der Waals surface area contributed by atoms with Crippen LogP contribution in [0.15, 0.2) is 59.5 Å². The molecule has 6 heteroatoms. The number of aromatic nitrogens is 1. The number of nitrogens with zero attached hydrogens (tertiary/aromatic N) is 1. The van der Waals surface area contributed by atoms with Crippen LogP contribution in [-0.4, -0.2) is 17.5 Å². The van der Waals surface area contributed by atoms with Gasteiger partial charge >= 0.3 is 0 Å². The summed E-state index contributed by atoms with van der Waals surface area (Å²) in [4.78, 5) is 4.22. The molecule has 0 aliphatic heterocycles. The summed E-state index contributed by atoms with van der Waals surface area (Å²) in [6.45, 7) is 12.6. The molecule has 0 spiro atoms.